The number of aryl methyl sites for hydroxylation is 1. The van der Waals surface area contributed by atoms with Crippen molar-refractivity contribution in [3.63, 3.8) is 0 Å². The molecule has 0 saturated heterocycles. The average molecular weight is 235 g/mol. The van der Waals surface area contributed by atoms with E-state index in [1.807, 2.05) is 0 Å². The minimum Gasteiger partial charge on any atom is -0.506 e. The third-order valence-electron chi connectivity index (χ3n) is 1.03. The molecule has 0 amide bonds. The summed E-state index contributed by atoms with van der Waals surface area (Å²) in [6.07, 6.45) is 1.72. The van der Waals surface area contributed by atoms with Gasteiger partial charge in [-0.15, -0.1) is 0 Å². The molecule has 48 valence electrons. The lowest BCUT2D eigenvalue weighted by molar-refractivity contribution is 0.467. The van der Waals surface area contributed by atoms with Crippen molar-refractivity contribution in [3.8, 4) is 5.75 Å². The molecule has 0 bridgehead atoms. The fourth-order valence-electron chi connectivity index (χ4n) is 0.497. The van der Waals surface area contributed by atoms with Gasteiger partial charge in [0.15, 0.2) is 0 Å². The van der Waals surface area contributed by atoms with Crippen LogP contribution in [0.15, 0.2) is 12.3 Å². The molecule has 0 fully saturated rings. The van der Waals surface area contributed by atoms with Crippen molar-refractivity contribution < 1.29 is 5.11 Å². The second-order valence-corrected chi connectivity index (χ2v) is 3.00. The van der Waals surface area contributed by atoms with Crippen LogP contribution in [0.25, 0.3) is 0 Å². The Morgan fingerprint density at radius 1 is 1.67 bits per heavy atom. The predicted molar refractivity (Wildman–Crippen MR) is 43.4 cm³/mol. The first-order valence-corrected chi connectivity index (χ1v) is 3.59. The van der Waals surface area contributed by atoms with E-state index >= 15 is 0 Å². The Morgan fingerprint density at radius 2 is 2.33 bits per heavy atom. The summed E-state index contributed by atoms with van der Waals surface area (Å²) in [6, 6.07) is 1.68. The van der Waals surface area contributed by atoms with Crippen LogP contribution < -0.4 is 0 Å². The Hall–Kier alpha value is -0.320. The van der Waals surface area contributed by atoms with Gasteiger partial charge in [0, 0.05) is 9.77 Å². The summed E-state index contributed by atoms with van der Waals surface area (Å²) in [6.45, 7) is 1.77. The number of halogens is 1. The van der Waals surface area contributed by atoms with Crippen LogP contribution in [0.5, 0.6) is 5.75 Å². The minimum atomic E-state index is 0.266. The molecule has 1 aromatic rings. The third kappa shape index (κ3) is 1.54. The smallest absolute Gasteiger partial charge is 0.137 e. The van der Waals surface area contributed by atoms with Crippen LogP contribution in [-0.4, -0.2) is 10.1 Å². The number of rotatable bonds is 0. The van der Waals surface area contributed by atoms with Gasteiger partial charge >= 0.3 is 0 Å². The maximum atomic E-state index is 9.03. The largest absolute Gasteiger partial charge is 0.506 e. The highest BCUT2D eigenvalue weighted by Gasteiger charge is 1.94. The van der Waals surface area contributed by atoms with Crippen LogP contribution >= 0.6 is 22.6 Å². The normalized spacial score (nSPS) is 9.56. The maximum absolute atomic E-state index is 9.03. The highest BCUT2D eigenvalue weighted by molar-refractivity contribution is 14.1. The molecule has 0 atom stereocenters. The van der Waals surface area contributed by atoms with E-state index in [0.717, 1.165) is 3.57 Å². The van der Waals surface area contributed by atoms with Gasteiger partial charge in [0.25, 0.3) is 0 Å². The maximum Gasteiger partial charge on any atom is 0.137 e. The highest BCUT2D eigenvalue weighted by atomic mass is 127. The van der Waals surface area contributed by atoms with Crippen molar-refractivity contribution in [2.24, 2.45) is 0 Å². The predicted octanol–water partition coefficient (Wildman–Crippen LogP) is 1.70. The number of nitrogens with zero attached hydrogens (tertiary/aromatic N) is 1. The molecule has 0 aliphatic carbocycles. The lowest BCUT2D eigenvalue weighted by Gasteiger charge is -1.95. The monoisotopic (exact) mass is 235 g/mol. The summed E-state index contributed by atoms with van der Waals surface area (Å²) in [4.78, 5) is 3.92. The Bertz CT molecular complexity index is 224. The standard InChI is InChI=1S/C6H6INO/c1-4-6(9)2-5(7)3-8-4/h2-3,9H,1H3. The zero-order valence-electron chi connectivity index (χ0n) is 4.93. The SMILES string of the molecule is Cc1ncc(I)cc1O. The summed E-state index contributed by atoms with van der Waals surface area (Å²) in [5, 5.41) is 9.03. The van der Waals surface area contributed by atoms with E-state index < -0.39 is 0 Å². The summed E-state index contributed by atoms with van der Waals surface area (Å²) in [5.74, 6) is 0.266. The highest BCUT2D eigenvalue weighted by Crippen LogP contribution is 2.15. The second kappa shape index (κ2) is 2.51. The van der Waals surface area contributed by atoms with Crippen LogP contribution in [0, 0.1) is 10.5 Å². The molecule has 0 aliphatic rings. The Balaban J connectivity index is 3.17. The van der Waals surface area contributed by atoms with Crippen molar-refractivity contribution in [2.45, 2.75) is 6.92 Å². The fraction of sp³-hybridized carbons (Fsp3) is 0.167. The molecule has 0 unspecified atom stereocenters. The first-order valence-electron chi connectivity index (χ1n) is 2.51. The van der Waals surface area contributed by atoms with Crippen LogP contribution in [-0.2, 0) is 0 Å². The van der Waals surface area contributed by atoms with E-state index in [9.17, 15) is 0 Å². The zero-order valence-corrected chi connectivity index (χ0v) is 7.08. The summed E-state index contributed by atoms with van der Waals surface area (Å²) in [7, 11) is 0. The Morgan fingerprint density at radius 3 is 2.78 bits per heavy atom. The first-order chi connectivity index (χ1) is 4.20. The molecule has 0 spiro atoms. The van der Waals surface area contributed by atoms with E-state index in [-0.39, 0.29) is 5.75 Å². The molecule has 0 saturated carbocycles. The molecule has 9 heavy (non-hydrogen) atoms. The topological polar surface area (TPSA) is 33.1 Å². The molecule has 0 aliphatic heterocycles. The zero-order chi connectivity index (χ0) is 6.85. The quantitative estimate of drug-likeness (QED) is 0.694. The van der Waals surface area contributed by atoms with Gasteiger partial charge in [0.2, 0.25) is 0 Å². The van der Waals surface area contributed by atoms with E-state index in [0.29, 0.717) is 5.69 Å². The fourth-order valence-corrected chi connectivity index (χ4v) is 0.931. The van der Waals surface area contributed by atoms with E-state index in [2.05, 4.69) is 27.6 Å². The number of aromatic nitrogens is 1. The minimum absolute atomic E-state index is 0.266. The van der Waals surface area contributed by atoms with Gasteiger partial charge in [-0.25, -0.2) is 0 Å². The van der Waals surface area contributed by atoms with Crippen molar-refractivity contribution in [1.29, 1.82) is 0 Å². The third-order valence-corrected chi connectivity index (χ3v) is 1.62. The van der Waals surface area contributed by atoms with Gasteiger partial charge in [-0.05, 0) is 35.6 Å². The molecule has 2 nitrogen and oxygen atoms in total. The van der Waals surface area contributed by atoms with Crippen molar-refractivity contribution in [1.82, 2.24) is 4.98 Å². The Kier molecular flexibility index (Phi) is 1.90. The van der Waals surface area contributed by atoms with Gasteiger partial charge in [0.1, 0.15) is 5.75 Å². The molecule has 1 N–H and O–H groups in total. The van der Waals surface area contributed by atoms with Crippen molar-refractivity contribution in [3.05, 3.63) is 21.5 Å². The molecular weight excluding hydrogens is 229 g/mol. The summed E-state index contributed by atoms with van der Waals surface area (Å²) >= 11 is 2.10. The van der Waals surface area contributed by atoms with Crippen LogP contribution in [0.3, 0.4) is 0 Å². The lowest BCUT2D eigenvalue weighted by atomic mass is 10.3. The molecular formula is C6H6INO. The lowest BCUT2D eigenvalue weighted by Crippen LogP contribution is -1.81. The van der Waals surface area contributed by atoms with Gasteiger partial charge in [0.05, 0.1) is 5.69 Å². The summed E-state index contributed by atoms with van der Waals surface area (Å²) < 4.78 is 0.954. The van der Waals surface area contributed by atoms with Crippen LogP contribution in [0.2, 0.25) is 0 Å². The summed E-state index contributed by atoms with van der Waals surface area (Å²) in [5.41, 5.74) is 0.676. The molecule has 1 rings (SSSR count). The molecule has 0 radical (unpaired) electrons. The van der Waals surface area contributed by atoms with Gasteiger partial charge in [-0.1, -0.05) is 0 Å². The van der Waals surface area contributed by atoms with Crippen LogP contribution in [0.4, 0.5) is 0 Å². The molecule has 1 heterocycles. The van der Waals surface area contributed by atoms with Crippen molar-refractivity contribution >= 4 is 22.6 Å². The van der Waals surface area contributed by atoms with Crippen molar-refractivity contribution in [2.75, 3.05) is 0 Å². The number of aromatic hydroxyl groups is 1. The molecule has 3 heteroatoms. The molecule has 0 aromatic carbocycles. The first kappa shape index (κ1) is 6.80. The van der Waals surface area contributed by atoms with Gasteiger partial charge < -0.3 is 5.11 Å². The van der Waals surface area contributed by atoms with E-state index in [4.69, 9.17) is 5.11 Å². The van der Waals surface area contributed by atoms with Crippen LogP contribution in [0.1, 0.15) is 5.69 Å². The van der Waals surface area contributed by atoms with Gasteiger partial charge in [-0.3, -0.25) is 4.98 Å². The average Bonchev–Trinajstić information content (AvgIpc) is 1.80. The Labute approximate surface area is 67.1 Å². The second-order valence-electron chi connectivity index (χ2n) is 1.76. The number of hydrogen-bond acceptors (Lipinski definition) is 2. The van der Waals surface area contributed by atoms with E-state index in [1.54, 1.807) is 19.2 Å². The number of hydrogen-bond donors (Lipinski definition) is 1. The molecule has 1 aromatic heterocycles. The van der Waals surface area contributed by atoms with Gasteiger partial charge in [-0.2, -0.15) is 0 Å². The van der Waals surface area contributed by atoms with E-state index in [1.165, 1.54) is 0 Å². The number of pyridine rings is 1.